The maximum absolute atomic E-state index is 13.2. The number of amides is 1. The van der Waals surface area contributed by atoms with Crippen LogP contribution in [-0.4, -0.2) is 66.9 Å². The van der Waals surface area contributed by atoms with Crippen LogP contribution in [0.1, 0.15) is 43.4 Å². The Bertz CT molecular complexity index is 1020. The maximum atomic E-state index is 13.2. The van der Waals surface area contributed by atoms with Gasteiger partial charge in [0.1, 0.15) is 5.75 Å². The minimum Gasteiger partial charge on any atom is -0.497 e. The maximum Gasteiger partial charge on any atom is 0.309 e. The number of carbonyl (C=O) groups excluding carboxylic acids is 1. The topological polar surface area (TPSA) is 88.5 Å². The van der Waals surface area contributed by atoms with Crippen molar-refractivity contribution in [1.82, 2.24) is 9.80 Å². The zero-order valence-electron chi connectivity index (χ0n) is 19.9. The monoisotopic (exact) mass is 468 g/mol. The molecule has 3 atom stereocenters. The minimum atomic E-state index is -0.890. The Balaban J connectivity index is 1.71. The summed E-state index contributed by atoms with van der Waals surface area (Å²) in [6.07, 6.45) is 0.872. The number of nitrogens with zero attached hydrogens (tertiary/aromatic N) is 2. The quantitative estimate of drug-likeness (QED) is 0.602. The third-order valence-electron chi connectivity index (χ3n) is 6.73. The van der Waals surface area contributed by atoms with E-state index in [-0.39, 0.29) is 25.2 Å². The minimum absolute atomic E-state index is 0.00890. The summed E-state index contributed by atoms with van der Waals surface area (Å²) in [5.41, 5.74) is 1.72. The van der Waals surface area contributed by atoms with Crippen molar-refractivity contribution in [2.24, 2.45) is 5.92 Å². The van der Waals surface area contributed by atoms with Crippen LogP contribution in [0.3, 0.4) is 0 Å². The van der Waals surface area contributed by atoms with Crippen LogP contribution in [0.15, 0.2) is 42.5 Å². The van der Waals surface area contributed by atoms with Gasteiger partial charge in [-0.1, -0.05) is 25.1 Å². The number of hydrogen-bond acceptors (Lipinski definition) is 6. The lowest BCUT2D eigenvalue weighted by atomic mass is 9.83. The van der Waals surface area contributed by atoms with E-state index in [0.29, 0.717) is 36.9 Å². The number of carboxylic acid groups (broad SMARTS) is 1. The van der Waals surface area contributed by atoms with E-state index < -0.39 is 17.9 Å². The highest BCUT2D eigenvalue weighted by molar-refractivity contribution is 5.79. The van der Waals surface area contributed by atoms with E-state index in [1.54, 1.807) is 7.11 Å². The fourth-order valence-corrected chi connectivity index (χ4v) is 5.08. The summed E-state index contributed by atoms with van der Waals surface area (Å²) >= 11 is 0. The van der Waals surface area contributed by atoms with Crippen LogP contribution in [0.25, 0.3) is 0 Å². The summed E-state index contributed by atoms with van der Waals surface area (Å²) in [5, 5.41) is 10.4. The van der Waals surface area contributed by atoms with Crippen LogP contribution < -0.4 is 14.2 Å². The number of carbonyl (C=O) groups is 2. The smallest absolute Gasteiger partial charge is 0.309 e. The Kier molecular flexibility index (Phi) is 7.26. The van der Waals surface area contributed by atoms with Gasteiger partial charge in [0.2, 0.25) is 12.7 Å². The summed E-state index contributed by atoms with van der Waals surface area (Å²) in [6.45, 7) is 6.07. The Morgan fingerprint density at radius 2 is 1.79 bits per heavy atom. The van der Waals surface area contributed by atoms with E-state index in [1.807, 2.05) is 66.1 Å². The lowest BCUT2D eigenvalue weighted by Gasteiger charge is -2.29. The van der Waals surface area contributed by atoms with Gasteiger partial charge in [-0.3, -0.25) is 14.5 Å². The molecule has 4 rings (SSSR count). The van der Waals surface area contributed by atoms with Crippen molar-refractivity contribution in [3.63, 3.8) is 0 Å². The molecule has 182 valence electrons. The van der Waals surface area contributed by atoms with Crippen LogP contribution >= 0.6 is 0 Å². The molecule has 0 spiro atoms. The van der Waals surface area contributed by atoms with E-state index in [4.69, 9.17) is 14.2 Å². The van der Waals surface area contributed by atoms with Gasteiger partial charge in [0.15, 0.2) is 11.5 Å². The van der Waals surface area contributed by atoms with Crippen molar-refractivity contribution in [2.45, 2.75) is 32.2 Å². The van der Waals surface area contributed by atoms with Gasteiger partial charge >= 0.3 is 5.97 Å². The van der Waals surface area contributed by atoms with Gasteiger partial charge in [-0.25, -0.2) is 0 Å². The Labute approximate surface area is 200 Å². The summed E-state index contributed by atoms with van der Waals surface area (Å²) in [7, 11) is 1.60. The number of likely N-dealkylation sites (N-methyl/N-ethyl adjacent to an activating group) is 1. The molecule has 8 nitrogen and oxygen atoms in total. The highest BCUT2D eigenvalue weighted by atomic mass is 16.7. The normalized spacial score (nSPS) is 21.4. The predicted molar refractivity (Wildman–Crippen MR) is 126 cm³/mol. The number of likely N-dealkylation sites (tertiary alicyclic amines) is 1. The molecule has 2 aliphatic heterocycles. The zero-order chi connectivity index (χ0) is 24.2. The van der Waals surface area contributed by atoms with Gasteiger partial charge in [-0.15, -0.1) is 0 Å². The van der Waals surface area contributed by atoms with Gasteiger partial charge in [-0.2, -0.15) is 0 Å². The molecular weight excluding hydrogens is 436 g/mol. The largest absolute Gasteiger partial charge is 0.497 e. The molecule has 2 aromatic carbocycles. The molecule has 2 aromatic rings. The van der Waals surface area contributed by atoms with Crippen LogP contribution in [-0.2, 0) is 9.59 Å². The Morgan fingerprint density at radius 1 is 1.09 bits per heavy atom. The fraction of sp³-hybridized carbons (Fsp3) is 0.462. The highest BCUT2D eigenvalue weighted by Crippen LogP contribution is 2.47. The Hall–Kier alpha value is -3.26. The van der Waals surface area contributed by atoms with Crippen LogP contribution in [0.2, 0.25) is 0 Å². The molecule has 0 aliphatic carbocycles. The molecule has 2 aliphatic rings. The zero-order valence-corrected chi connectivity index (χ0v) is 19.9. The van der Waals surface area contributed by atoms with E-state index in [2.05, 4.69) is 0 Å². The molecule has 0 saturated carbocycles. The molecule has 2 heterocycles. The number of hydrogen-bond donors (Lipinski definition) is 1. The van der Waals surface area contributed by atoms with Crippen molar-refractivity contribution in [1.29, 1.82) is 0 Å². The summed E-state index contributed by atoms with van der Waals surface area (Å²) < 4.78 is 16.3. The summed E-state index contributed by atoms with van der Waals surface area (Å²) in [6, 6.07) is 12.6. The van der Waals surface area contributed by atoms with Gasteiger partial charge in [0.05, 0.1) is 19.6 Å². The number of carboxylic acids is 1. The van der Waals surface area contributed by atoms with Crippen LogP contribution in [0.4, 0.5) is 0 Å². The number of methoxy groups -OCH3 is 1. The highest BCUT2D eigenvalue weighted by Gasteiger charge is 2.48. The lowest BCUT2D eigenvalue weighted by molar-refractivity contribution is -0.143. The molecule has 0 radical (unpaired) electrons. The molecular formula is C26H32N2O6. The lowest BCUT2D eigenvalue weighted by Crippen LogP contribution is -2.41. The van der Waals surface area contributed by atoms with Crippen LogP contribution in [0, 0.1) is 5.92 Å². The molecule has 1 unspecified atom stereocenters. The van der Waals surface area contributed by atoms with Crippen molar-refractivity contribution in [2.75, 3.05) is 40.1 Å². The van der Waals surface area contributed by atoms with Gasteiger partial charge in [-0.05, 0) is 48.7 Å². The number of aliphatic carboxylic acids is 1. The standard InChI is InChI=1S/C26H32N2O6/c1-4-12-27(5-2)23(29)15-28-14-20(17-6-9-19(32-3)10-7-17)24(26(30)31)25(28)18-8-11-21-22(13-18)34-16-33-21/h6-11,13,20,24-25H,4-5,12,14-16H2,1-3H3,(H,30,31)/t20?,24-,25+/m0/s1. The number of rotatable bonds is 9. The molecule has 1 fully saturated rings. The van der Waals surface area contributed by atoms with Crippen molar-refractivity contribution >= 4 is 11.9 Å². The molecule has 1 amide bonds. The van der Waals surface area contributed by atoms with Crippen molar-refractivity contribution in [3.05, 3.63) is 53.6 Å². The average Bonchev–Trinajstić information content (AvgIpc) is 3.46. The molecule has 8 heteroatoms. The fourth-order valence-electron chi connectivity index (χ4n) is 5.08. The van der Waals surface area contributed by atoms with E-state index in [0.717, 1.165) is 17.5 Å². The second kappa shape index (κ2) is 10.3. The average molecular weight is 469 g/mol. The molecule has 34 heavy (non-hydrogen) atoms. The summed E-state index contributed by atoms with van der Waals surface area (Å²) in [5.74, 6) is 0.0563. The van der Waals surface area contributed by atoms with Crippen molar-refractivity contribution in [3.8, 4) is 17.2 Å². The predicted octanol–water partition coefficient (Wildman–Crippen LogP) is 3.52. The molecule has 1 saturated heterocycles. The molecule has 0 aromatic heterocycles. The van der Waals surface area contributed by atoms with Gasteiger partial charge in [0.25, 0.3) is 0 Å². The number of benzene rings is 2. The molecule has 0 bridgehead atoms. The second-order valence-electron chi connectivity index (χ2n) is 8.70. The summed E-state index contributed by atoms with van der Waals surface area (Å²) in [4.78, 5) is 29.6. The first-order valence-corrected chi connectivity index (χ1v) is 11.7. The van der Waals surface area contributed by atoms with E-state index in [1.165, 1.54) is 0 Å². The van der Waals surface area contributed by atoms with Gasteiger partial charge in [0, 0.05) is 31.6 Å². The SMILES string of the molecule is CCCN(CC)C(=O)CN1CC(c2ccc(OC)cc2)[C@H](C(=O)O)[C@H]1c1ccc2c(c1)OCO2. The van der Waals surface area contributed by atoms with E-state index in [9.17, 15) is 14.7 Å². The van der Waals surface area contributed by atoms with Crippen molar-refractivity contribution < 1.29 is 28.9 Å². The third kappa shape index (κ3) is 4.68. The van der Waals surface area contributed by atoms with Crippen LogP contribution in [0.5, 0.6) is 17.2 Å². The third-order valence-corrected chi connectivity index (χ3v) is 6.73. The van der Waals surface area contributed by atoms with E-state index >= 15 is 0 Å². The number of fused-ring (bicyclic) bond motifs is 1. The number of ether oxygens (including phenoxy) is 3. The first-order chi connectivity index (χ1) is 16.5. The first-order valence-electron chi connectivity index (χ1n) is 11.7. The van der Waals surface area contributed by atoms with Gasteiger partial charge < -0.3 is 24.2 Å². The second-order valence-corrected chi connectivity index (χ2v) is 8.70. The Morgan fingerprint density at radius 3 is 2.44 bits per heavy atom. The first kappa shape index (κ1) is 23.9. The molecule has 1 N–H and O–H groups in total.